The van der Waals surface area contributed by atoms with Crippen molar-refractivity contribution in [2.75, 3.05) is 5.75 Å². The Morgan fingerprint density at radius 1 is 1.19 bits per heavy atom. The number of aromatic nitrogens is 3. The predicted molar refractivity (Wildman–Crippen MR) is 96.7 cm³/mol. The van der Waals surface area contributed by atoms with Crippen LogP contribution in [0.1, 0.15) is 17.5 Å². The molecule has 0 spiro atoms. The first-order valence-electron chi connectivity index (χ1n) is 7.85. The van der Waals surface area contributed by atoms with Crippen LogP contribution in [0, 0.1) is 6.92 Å². The number of pyridine rings is 1. The summed E-state index contributed by atoms with van der Waals surface area (Å²) in [5.41, 5.74) is -2.12. The Morgan fingerprint density at radius 2 is 1.81 bits per heavy atom. The first kappa shape index (κ1) is 19.6. The largest absolute Gasteiger partial charge is 0.431 e. The topological polar surface area (TPSA) is 74.0 Å². The van der Waals surface area contributed by atoms with E-state index in [2.05, 4.69) is 4.98 Å². The molecule has 0 fully saturated rings. The number of rotatable bonds is 3. The van der Waals surface area contributed by atoms with Crippen LogP contribution in [0.2, 0.25) is 0 Å². The van der Waals surface area contributed by atoms with Crippen LogP contribution >= 0.6 is 11.3 Å². The molecule has 0 amide bonds. The van der Waals surface area contributed by atoms with Gasteiger partial charge in [-0.2, -0.15) is 13.2 Å². The zero-order chi connectivity index (χ0) is 20.3. The molecule has 146 valence electrons. The highest BCUT2D eigenvalue weighted by Crippen LogP contribution is 2.37. The number of halogens is 3. The van der Waals surface area contributed by atoms with Crippen molar-refractivity contribution in [1.29, 1.82) is 0 Å². The summed E-state index contributed by atoms with van der Waals surface area (Å²) in [5.74, 6) is 0.0201. The molecule has 0 bridgehead atoms. The van der Waals surface area contributed by atoms with Crippen LogP contribution in [0.15, 0.2) is 21.8 Å². The molecule has 0 radical (unpaired) electrons. The van der Waals surface area contributed by atoms with Crippen molar-refractivity contribution < 1.29 is 21.6 Å². The highest BCUT2D eigenvalue weighted by molar-refractivity contribution is 7.91. The van der Waals surface area contributed by atoms with Crippen molar-refractivity contribution in [2.45, 2.75) is 24.9 Å². The van der Waals surface area contributed by atoms with E-state index in [1.165, 1.54) is 35.9 Å². The molecule has 11 heteroatoms. The van der Waals surface area contributed by atoms with E-state index in [-0.39, 0.29) is 27.5 Å². The zero-order valence-corrected chi connectivity index (χ0v) is 16.5. The maximum absolute atomic E-state index is 13.2. The van der Waals surface area contributed by atoms with Crippen LogP contribution in [0.5, 0.6) is 0 Å². The van der Waals surface area contributed by atoms with Crippen molar-refractivity contribution >= 4 is 32.2 Å². The number of fused-ring (bicyclic) bond motifs is 1. The molecule has 0 saturated carbocycles. The van der Waals surface area contributed by atoms with Crippen molar-refractivity contribution in [2.24, 2.45) is 14.1 Å². The minimum Gasteiger partial charge on any atom is -0.322 e. The Bertz CT molecular complexity index is 1220. The highest BCUT2D eigenvalue weighted by Gasteiger charge is 2.35. The molecule has 0 aromatic carbocycles. The molecule has 0 N–H and O–H groups in total. The Labute approximate surface area is 156 Å². The molecule has 0 aliphatic rings. The summed E-state index contributed by atoms with van der Waals surface area (Å²) < 4.78 is 66.2. The van der Waals surface area contributed by atoms with Gasteiger partial charge < -0.3 is 9.13 Å². The standard InChI is InChI=1S/C16H16F3N3O3S2/c1-5-27(24,25)10-6-8(2)26-13(10)14-20-9-7-11(16(17,18)19)21(3)15(23)12(9)22(14)4/h6-7H,5H2,1-4H3. The smallest absolute Gasteiger partial charge is 0.322 e. The number of aryl methyl sites for hydroxylation is 2. The predicted octanol–water partition coefficient (Wildman–Crippen LogP) is 3.12. The molecule has 6 nitrogen and oxygen atoms in total. The van der Waals surface area contributed by atoms with Crippen LogP contribution in [0.3, 0.4) is 0 Å². The van der Waals surface area contributed by atoms with Crippen molar-refractivity contribution in [3.63, 3.8) is 0 Å². The molecule has 0 aliphatic carbocycles. The molecular weight excluding hydrogens is 403 g/mol. The molecule has 3 aromatic heterocycles. The summed E-state index contributed by atoms with van der Waals surface area (Å²) in [7, 11) is -1.04. The van der Waals surface area contributed by atoms with Gasteiger partial charge in [0.25, 0.3) is 5.56 Å². The molecule has 0 aliphatic heterocycles. The third kappa shape index (κ3) is 3.08. The fourth-order valence-corrected chi connectivity index (χ4v) is 5.43. The Morgan fingerprint density at radius 3 is 2.37 bits per heavy atom. The quantitative estimate of drug-likeness (QED) is 0.654. The van der Waals surface area contributed by atoms with E-state index in [1.54, 1.807) is 6.92 Å². The van der Waals surface area contributed by atoms with E-state index in [1.807, 2.05) is 0 Å². The highest BCUT2D eigenvalue weighted by atomic mass is 32.2. The van der Waals surface area contributed by atoms with Gasteiger partial charge in [-0.1, -0.05) is 6.92 Å². The third-order valence-electron chi connectivity index (χ3n) is 4.29. The van der Waals surface area contributed by atoms with Crippen LogP contribution in [0.4, 0.5) is 13.2 Å². The number of nitrogens with zero attached hydrogens (tertiary/aromatic N) is 3. The lowest BCUT2D eigenvalue weighted by Gasteiger charge is -2.11. The van der Waals surface area contributed by atoms with E-state index >= 15 is 0 Å². The lowest BCUT2D eigenvalue weighted by Crippen LogP contribution is -2.26. The van der Waals surface area contributed by atoms with Crippen LogP contribution < -0.4 is 5.56 Å². The molecule has 0 unspecified atom stereocenters. The average Bonchev–Trinajstić information content (AvgIpc) is 3.10. The summed E-state index contributed by atoms with van der Waals surface area (Å²) in [5, 5.41) is 0. The minimum absolute atomic E-state index is 0.0219. The maximum Gasteiger partial charge on any atom is 0.431 e. The second-order valence-corrected chi connectivity index (χ2v) is 9.58. The molecule has 27 heavy (non-hydrogen) atoms. The second kappa shape index (κ2) is 6.20. The molecule has 3 heterocycles. The van der Waals surface area contributed by atoms with Gasteiger partial charge in [0.05, 0.1) is 21.0 Å². The van der Waals surface area contributed by atoms with Crippen molar-refractivity contribution in [1.82, 2.24) is 14.1 Å². The van der Waals surface area contributed by atoms with E-state index in [4.69, 9.17) is 0 Å². The Hall–Kier alpha value is -2.14. The number of hydrogen-bond donors (Lipinski definition) is 0. The molecular formula is C16H16F3N3O3S2. The van der Waals surface area contributed by atoms with Gasteiger partial charge in [0.15, 0.2) is 15.7 Å². The van der Waals surface area contributed by atoms with Gasteiger partial charge in [-0.3, -0.25) is 4.79 Å². The van der Waals surface area contributed by atoms with Gasteiger partial charge in [0.2, 0.25) is 0 Å². The third-order valence-corrected chi connectivity index (χ3v) is 7.22. The first-order chi connectivity index (χ1) is 12.4. The Kier molecular flexibility index (Phi) is 4.50. The number of imidazole rings is 1. The molecule has 3 aromatic rings. The van der Waals surface area contributed by atoms with Crippen LogP contribution in [0.25, 0.3) is 21.7 Å². The Balaban J connectivity index is 2.39. The molecule has 0 saturated heterocycles. The average molecular weight is 419 g/mol. The maximum atomic E-state index is 13.2. The lowest BCUT2D eigenvalue weighted by molar-refractivity contribution is -0.143. The van der Waals surface area contributed by atoms with Crippen molar-refractivity contribution in [3.8, 4) is 10.7 Å². The molecule has 3 rings (SSSR count). The summed E-state index contributed by atoms with van der Waals surface area (Å²) in [6.07, 6.45) is -4.71. The summed E-state index contributed by atoms with van der Waals surface area (Å²) >= 11 is 1.17. The first-order valence-corrected chi connectivity index (χ1v) is 10.3. The van der Waals surface area contributed by atoms with Gasteiger partial charge in [-0.25, -0.2) is 13.4 Å². The van der Waals surface area contributed by atoms with E-state index < -0.39 is 27.3 Å². The van der Waals surface area contributed by atoms with E-state index in [0.717, 1.165) is 13.1 Å². The van der Waals surface area contributed by atoms with Crippen molar-refractivity contribution in [3.05, 3.63) is 33.1 Å². The number of hydrogen-bond acceptors (Lipinski definition) is 5. The number of thiophene rings is 1. The molecule has 0 atom stereocenters. The minimum atomic E-state index is -4.71. The lowest BCUT2D eigenvalue weighted by atomic mass is 10.3. The van der Waals surface area contributed by atoms with Gasteiger partial charge >= 0.3 is 6.18 Å². The SMILES string of the molecule is CCS(=O)(=O)c1cc(C)sc1-c1nc2cc(C(F)(F)F)n(C)c(=O)c2n1C. The van der Waals surface area contributed by atoms with E-state index in [0.29, 0.717) is 14.3 Å². The fraction of sp³-hybridized carbons (Fsp3) is 0.375. The number of alkyl halides is 3. The van der Waals surface area contributed by atoms with Crippen LogP contribution in [-0.4, -0.2) is 28.3 Å². The van der Waals surface area contributed by atoms with Gasteiger partial charge in [-0.05, 0) is 19.1 Å². The summed E-state index contributed by atoms with van der Waals surface area (Å²) in [4.78, 5) is 17.8. The van der Waals surface area contributed by atoms with Gasteiger partial charge in [0, 0.05) is 19.0 Å². The summed E-state index contributed by atoms with van der Waals surface area (Å²) in [6, 6.07) is 2.31. The van der Waals surface area contributed by atoms with Crippen LogP contribution in [-0.2, 0) is 30.1 Å². The normalized spacial score (nSPS) is 12.9. The van der Waals surface area contributed by atoms with Gasteiger partial charge in [-0.15, -0.1) is 11.3 Å². The second-order valence-electron chi connectivity index (χ2n) is 6.07. The number of sulfone groups is 1. The van der Waals surface area contributed by atoms with E-state index in [9.17, 15) is 26.4 Å². The fourth-order valence-electron chi connectivity index (χ4n) is 2.88. The monoisotopic (exact) mass is 419 g/mol. The van der Waals surface area contributed by atoms with Gasteiger partial charge in [0.1, 0.15) is 11.2 Å². The zero-order valence-electron chi connectivity index (χ0n) is 14.9. The summed E-state index contributed by atoms with van der Waals surface area (Å²) in [6.45, 7) is 3.23.